The van der Waals surface area contributed by atoms with E-state index in [4.69, 9.17) is 10.7 Å². The minimum atomic E-state index is 0.674. The molecule has 4 aromatic heterocycles. The van der Waals surface area contributed by atoms with Gasteiger partial charge in [0.15, 0.2) is 4.96 Å². The predicted octanol–water partition coefficient (Wildman–Crippen LogP) is 4.71. The molecule has 1 aliphatic carbocycles. The van der Waals surface area contributed by atoms with Crippen molar-refractivity contribution in [3.8, 4) is 11.3 Å². The third-order valence-electron chi connectivity index (χ3n) is 6.07. The summed E-state index contributed by atoms with van der Waals surface area (Å²) in [5.74, 6) is 0.674. The van der Waals surface area contributed by atoms with E-state index in [1.807, 2.05) is 10.6 Å². The molecule has 0 spiro atoms. The number of aryl methyl sites for hydroxylation is 1. The number of fused-ring (bicyclic) bond motifs is 8. The van der Waals surface area contributed by atoms with Crippen LogP contribution in [0.2, 0.25) is 0 Å². The fraction of sp³-hybridized carbons (Fsp3) is 0.136. The number of thiazole rings is 1. The molecule has 140 valence electrons. The lowest BCUT2D eigenvalue weighted by molar-refractivity contribution is 0.913. The van der Waals surface area contributed by atoms with Crippen molar-refractivity contribution in [3.05, 3.63) is 53.9 Å². The Hall–Kier alpha value is -3.45. The van der Waals surface area contributed by atoms with Gasteiger partial charge in [-0.25, -0.2) is 9.97 Å². The number of nitrogens with two attached hydrogens (primary N) is 1. The summed E-state index contributed by atoms with van der Waals surface area (Å²) in [4.78, 5) is 10.5. The fourth-order valence-corrected chi connectivity index (χ4v) is 5.86. The molecule has 1 aliphatic rings. The summed E-state index contributed by atoms with van der Waals surface area (Å²) >= 11 is 1.66. The fourth-order valence-electron chi connectivity index (χ4n) is 4.81. The molecule has 29 heavy (non-hydrogen) atoms. The van der Waals surface area contributed by atoms with Crippen LogP contribution < -0.4 is 5.73 Å². The molecule has 6 nitrogen and oxygen atoms in total. The number of rotatable bonds is 1. The lowest BCUT2D eigenvalue weighted by Crippen LogP contribution is -1.96. The van der Waals surface area contributed by atoms with E-state index < -0.39 is 0 Å². The van der Waals surface area contributed by atoms with Crippen LogP contribution in [0.5, 0.6) is 0 Å². The number of aromatic amines is 1. The number of aromatic nitrogens is 5. The largest absolute Gasteiger partial charge is 0.383 e. The Bertz CT molecular complexity index is 1600. The summed E-state index contributed by atoms with van der Waals surface area (Å²) in [6, 6.07) is 10.7. The Morgan fingerprint density at radius 2 is 2.00 bits per heavy atom. The van der Waals surface area contributed by atoms with Gasteiger partial charge in [-0.05, 0) is 54.7 Å². The first-order valence-electron chi connectivity index (χ1n) is 9.71. The maximum Gasteiger partial charge on any atom is 0.196 e. The SMILES string of the molecule is Nc1cnc2sc3cc(-c4nc5ccc6[nH]ncc6c5c5c4CCC5)ccc3n12. The minimum Gasteiger partial charge on any atom is -0.383 e. The summed E-state index contributed by atoms with van der Waals surface area (Å²) in [7, 11) is 0. The van der Waals surface area contributed by atoms with Crippen molar-refractivity contribution in [1.29, 1.82) is 0 Å². The monoisotopic (exact) mass is 396 g/mol. The van der Waals surface area contributed by atoms with Gasteiger partial charge in [-0.15, -0.1) is 0 Å². The van der Waals surface area contributed by atoms with Gasteiger partial charge < -0.3 is 5.73 Å². The zero-order valence-electron chi connectivity index (χ0n) is 15.4. The summed E-state index contributed by atoms with van der Waals surface area (Å²) < 4.78 is 3.19. The van der Waals surface area contributed by atoms with E-state index in [0.717, 1.165) is 45.6 Å². The standard InChI is InChI=1S/C22H16N6S/c23-19-10-24-22-28(19)17-7-4-11(8-18(17)29-22)21-13-3-1-2-12(13)20-14-9-25-27-15(14)5-6-16(20)26-21/h4-10H,1-3,23H2,(H,25,27). The van der Waals surface area contributed by atoms with Crippen LogP contribution >= 0.6 is 11.3 Å². The molecule has 2 aromatic carbocycles. The molecule has 0 amide bonds. The normalized spacial score (nSPS) is 13.9. The van der Waals surface area contributed by atoms with Crippen LogP contribution in [-0.4, -0.2) is 24.6 Å². The summed E-state index contributed by atoms with van der Waals surface area (Å²) in [5.41, 5.74) is 14.4. The first-order valence-corrected chi connectivity index (χ1v) is 10.5. The Balaban J connectivity index is 1.53. The first kappa shape index (κ1) is 15.5. The second-order valence-electron chi connectivity index (χ2n) is 7.65. The lowest BCUT2D eigenvalue weighted by Gasteiger charge is -2.12. The highest BCUT2D eigenvalue weighted by atomic mass is 32.1. The lowest BCUT2D eigenvalue weighted by atomic mass is 9.97. The topological polar surface area (TPSA) is 84.9 Å². The van der Waals surface area contributed by atoms with Crippen molar-refractivity contribution in [2.45, 2.75) is 19.3 Å². The number of hydrogen-bond acceptors (Lipinski definition) is 5. The third kappa shape index (κ3) is 1.97. The quantitative estimate of drug-likeness (QED) is 0.421. The Morgan fingerprint density at radius 3 is 2.97 bits per heavy atom. The van der Waals surface area contributed by atoms with Gasteiger partial charge in [0.05, 0.1) is 39.3 Å². The average molecular weight is 396 g/mol. The van der Waals surface area contributed by atoms with E-state index in [2.05, 4.69) is 45.5 Å². The third-order valence-corrected chi connectivity index (χ3v) is 7.09. The molecule has 0 atom stereocenters. The molecule has 0 fully saturated rings. The second-order valence-corrected chi connectivity index (χ2v) is 8.66. The number of anilines is 1. The molecule has 6 aromatic rings. The number of pyridine rings is 1. The van der Waals surface area contributed by atoms with Crippen molar-refractivity contribution in [3.63, 3.8) is 0 Å². The Morgan fingerprint density at radius 1 is 1.07 bits per heavy atom. The van der Waals surface area contributed by atoms with Crippen LogP contribution in [0, 0.1) is 0 Å². The number of nitrogen functional groups attached to an aromatic ring is 1. The Kier molecular flexibility index (Phi) is 2.84. The summed E-state index contributed by atoms with van der Waals surface area (Å²) in [6.45, 7) is 0. The van der Waals surface area contributed by atoms with Crippen LogP contribution in [-0.2, 0) is 12.8 Å². The molecule has 0 aliphatic heterocycles. The van der Waals surface area contributed by atoms with Crippen LogP contribution in [0.25, 0.3) is 48.2 Å². The van der Waals surface area contributed by atoms with Gasteiger partial charge in [-0.2, -0.15) is 5.10 Å². The summed E-state index contributed by atoms with van der Waals surface area (Å²) in [5, 5.41) is 9.77. The molecule has 0 bridgehead atoms. The molecule has 0 radical (unpaired) electrons. The van der Waals surface area contributed by atoms with E-state index in [9.17, 15) is 0 Å². The molecule has 0 unspecified atom stereocenters. The number of hydrogen-bond donors (Lipinski definition) is 2. The molecule has 7 rings (SSSR count). The number of H-pyrrole nitrogens is 1. The van der Waals surface area contributed by atoms with Crippen molar-refractivity contribution in [2.24, 2.45) is 0 Å². The van der Waals surface area contributed by atoms with Crippen molar-refractivity contribution in [1.82, 2.24) is 24.6 Å². The van der Waals surface area contributed by atoms with Gasteiger partial charge in [0.1, 0.15) is 5.82 Å². The molecular weight excluding hydrogens is 380 g/mol. The van der Waals surface area contributed by atoms with Gasteiger partial charge in [0.25, 0.3) is 0 Å². The minimum absolute atomic E-state index is 0.674. The van der Waals surface area contributed by atoms with E-state index in [-0.39, 0.29) is 0 Å². The van der Waals surface area contributed by atoms with Crippen LogP contribution in [0.3, 0.4) is 0 Å². The van der Waals surface area contributed by atoms with Crippen LogP contribution in [0.4, 0.5) is 5.82 Å². The molecule has 0 saturated heterocycles. The van der Waals surface area contributed by atoms with E-state index >= 15 is 0 Å². The molecular formula is C22H16N6S. The van der Waals surface area contributed by atoms with Crippen molar-refractivity contribution >= 4 is 54.1 Å². The van der Waals surface area contributed by atoms with Gasteiger partial charge >= 0.3 is 0 Å². The number of benzene rings is 2. The van der Waals surface area contributed by atoms with Gasteiger partial charge in [-0.1, -0.05) is 17.4 Å². The maximum atomic E-state index is 6.10. The van der Waals surface area contributed by atoms with Gasteiger partial charge in [0, 0.05) is 16.3 Å². The smallest absolute Gasteiger partial charge is 0.196 e. The predicted molar refractivity (Wildman–Crippen MR) is 117 cm³/mol. The van der Waals surface area contributed by atoms with Gasteiger partial charge in [-0.3, -0.25) is 9.50 Å². The number of nitrogens with zero attached hydrogens (tertiary/aromatic N) is 4. The zero-order chi connectivity index (χ0) is 19.1. The highest BCUT2D eigenvalue weighted by Crippen LogP contribution is 2.40. The zero-order valence-corrected chi connectivity index (χ0v) is 16.3. The van der Waals surface area contributed by atoms with Crippen LogP contribution in [0.15, 0.2) is 42.7 Å². The average Bonchev–Trinajstić information content (AvgIpc) is 3.51. The number of nitrogens with one attached hydrogen (secondary N) is 1. The molecule has 4 heterocycles. The van der Waals surface area contributed by atoms with E-state index in [0.29, 0.717) is 5.82 Å². The van der Waals surface area contributed by atoms with Crippen molar-refractivity contribution < 1.29 is 0 Å². The van der Waals surface area contributed by atoms with Gasteiger partial charge in [0.2, 0.25) is 0 Å². The van der Waals surface area contributed by atoms with E-state index in [1.165, 1.54) is 33.0 Å². The summed E-state index contributed by atoms with van der Waals surface area (Å²) in [6.07, 6.45) is 6.98. The van der Waals surface area contributed by atoms with E-state index in [1.54, 1.807) is 17.5 Å². The first-order chi connectivity index (χ1) is 14.3. The second kappa shape index (κ2) is 5.33. The Labute approximate surface area is 169 Å². The highest BCUT2D eigenvalue weighted by Gasteiger charge is 2.23. The molecule has 0 saturated carbocycles. The van der Waals surface area contributed by atoms with Crippen molar-refractivity contribution in [2.75, 3.05) is 5.73 Å². The molecule has 3 N–H and O–H groups in total. The highest BCUT2D eigenvalue weighted by molar-refractivity contribution is 7.23. The van der Waals surface area contributed by atoms with Crippen LogP contribution in [0.1, 0.15) is 17.5 Å². The maximum absolute atomic E-state index is 6.10. The number of imidazole rings is 1. The molecule has 7 heteroatoms.